The smallest absolute Gasteiger partial charge is 0.257 e. The minimum atomic E-state index is -0.283. The summed E-state index contributed by atoms with van der Waals surface area (Å²) in [5.74, 6) is 0.863. The maximum absolute atomic E-state index is 12.6. The van der Waals surface area contributed by atoms with Gasteiger partial charge in [0, 0.05) is 11.3 Å². The molecule has 0 fully saturated rings. The van der Waals surface area contributed by atoms with Gasteiger partial charge in [0.05, 0.1) is 0 Å². The fraction of sp³-hybridized carbons (Fsp3) is 0.200. The minimum Gasteiger partial charge on any atom is -0.489 e. The van der Waals surface area contributed by atoms with Gasteiger partial charge in [-0.3, -0.25) is 10.1 Å². The number of nitrogens with one attached hydrogen (secondary N) is 2. The van der Waals surface area contributed by atoms with Crippen LogP contribution in [0.25, 0.3) is 0 Å². The second kappa shape index (κ2) is 10.6. The molecule has 0 saturated heterocycles. The van der Waals surface area contributed by atoms with Gasteiger partial charge < -0.3 is 10.1 Å². The Balaban J connectivity index is 1.55. The number of benzene rings is 3. The Morgan fingerprint density at radius 2 is 1.73 bits per heavy atom. The molecule has 30 heavy (non-hydrogen) atoms. The molecule has 0 aliphatic heterocycles. The highest BCUT2D eigenvalue weighted by Crippen LogP contribution is 2.20. The zero-order valence-corrected chi connectivity index (χ0v) is 18.0. The van der Waals surface area contributed by atoms with Gasteiger partial charge in [-0.2, -0.15) is 0 Å². The first-order chi connectivity index (χ1) is 14.5. The standard InChI is InChI=1S/C25H26N2O2S/c1-3-18(2)20-12-14-22(15-13-20)26-25(30)27-24(28)21-10-7-11-23(16-21)29-17-19-8-5-4-6-9-19/h4-16,18H,3,17H2,1-2H3,(H2,26,27,28,30). The molecule has 1 atom stereocenters. The number of hydrogen-bond donors (Lipinski definition) is 2. The van der Waals surface area contributed by atoms with E-state index >= 15 is 0 Å². The summed E-state index contributed by atoms with van der Waals surface area (Å²) in [6.45, 7) is 4.81. The van der Waals surface area contributed by atoms with Crippen molar-refractivity contribution in [1.82, 2.24) is 5.32 Å². The molecule has 5 heteroatoms. The highest BCUT2D eigenvalue weighted by atomic mass is 32.1. The number of thiocarbonyl (C=S) groups is 1. The predicted molar refractivity (Wildman–Crippen MR) is 126 cm³/mol. The van der Waals surface area contributed by atoms with Crippen molar-refractivity contribution in [3.63, 3.8) is 0 Å². The van der Waals surface area contributed by atoms with Crippen molar-refractivity contribution in [2.75, 3.05) is 5.32 Å². The van der Waals surface area contributed by atoms with Crippen LogP contribution >= 0.6 is 12.2 Å². The Hall–Kier alpha value is -3.18. The third-order valence-corrected chi connectivity index (χ3v) is 5.13. The number of rotatable bonds is 7. The Morgan fingerprint density at radius 1 is 1.00 bits per heavy atom. The molecule has 0 spiro atoms. The number of anilines is 1. The molecule has 0 bridgehead atoms. The third-order valence-electron chi connectivity index (χ3n) is 4.92. The first-order valence-corrected chi connectivity index (χ1v) is 10.4. The van der Waals surface area contributed by atoms with E-state index in [-0.39, 0.29) is 11.0 Å². The van der Waals surface area contributed by atoms with Crippen molar-refractivity contribution in [1.29, 1.82) is 0 Å². The molecule has 2 N–H and O–H groups in total. The van der Waals surface area contributed by atoms with Gasteiger partial charge in [-0.05, 0) is 66.0 Å². The molecule has 1 unspecified atom stereocenters. The van der Waals surface area contributed by atoms with Crippen molar-refractivity contribution in [2.45, 2.75) is 32.8 Å². The lowest BCUT2D eigenvalue weighted by molar-refractivity contribution is 0.0977. The zero-order chi connectivity index (χ0) is 21.3. The van der Waals surface area contributed by atoms with Gasteiger partial charge in [-0.1, -0.05) is 62.4 Å². The summed E-state index contributed by atoms with van der Waals surface area (Å²) in [4.78, 5) is 12.6. The van der Waals surface area contributed by atoms with Crippen molar-refractivity contribution in [3.05, 3.63) is 95.6 Å². The Kier molecular flexibility index (Phi) is 7.57. The van der Waals surface area contributed by atoms with Crippen molar-refractivity contribution >= 4 is 28.9 Å². The zero-order valence-electron chi connectivity index (χ0n) is 17.2. The molecule has 0 aliphatic rings. The Bertz CT molecular complexity index is 988. The van der Waals surface area contributed by atoms with E-state index in [4.69, 9.17) is 17.0 Å². The van der Waals surface area contributed by atoms with Gasteiger partial charge in [0.15, 0.2) is 5.11 Å². The van der Waals surface area contributed by atoms with E-state index in [1.165, 1.54) is 5.56 Å². The van der Waals surface area contributed by atoms with Gasteiger partial charge in [0.1, 0.15) is 12.4 Å². The van der Waals surface area contributed by atoms with E-state index in [1.54, 1.807) is 18.2 Å². The molecule has 1 amide bonds. The summed E-state index contributed by atoms with van der Waals surface area (Å²) >= 11 is 5.29. The van der Waals surface area contributed by atoms with Crippen LogP contribution in [0.3, 0.4) is 0 Å². The molecule has 3 aromatic carbocycles. The molecule has 4 nitrogen and oxygen atoms in total. The average molecular weight is 419 g/mol. The monoisotopic (exact) mass is 418 g/mol. The van der Waals surface area contributed by atoms with Crippen LogP contribution < -0.4 is 15.4 Å². The van der Waals surface area contributed by atoms with Crippen LogP contribution in [0.5, 0.6) is 5.75 Å². The SMILES string of the molecule is CCC(C)c1ccc(NC(=S)NC(=O)c2cccc(OCc3ccccc3)c2)cc1. The molecule has 0 radical (unpaired) electrons. The molecular weight excluding hydrogens is 392 g/mol. The number of carbonyl (C=O) groups excluding carboxylic acids is 1. The lowest BCUT2D eigenvalue weighted by Crippen LogP contribution is -2.34. The quantitative estimate of drug-likeness (QED) is 0.469. The van der Waals surface area contributed by atoms with Crippen LogP contribution in [0.4, 0.5) is 5.69 Å². The topological polar surface area (TPSA) is 50.4 Å². The highest BCUT2D eigenvalue weighted by molar-refractivity contribution is 7.80. The Labute approximate surface area is 183 Å². The van der Waals surface area contributed by atoms with E-state index < -0.39 is 0 Å². The van der Waals surface area contributed by atoms with E-state index in [1.807, 2.05) is 48.5 Å². The molecule has 3 aromatic rings. The second-order valence-electron chi connectivity index (χ2n) is 7.14. The predicted octanol–water partition coefficient (Wildman–Crippen LogP) is 5.91. The van der Waals surface area contributed by atoms with E-state index in [2.05, 4.69) is 36.6 Å². The summed E-state index contributed by atoms with van der Waals surface area (Å²) in [6.07, 6.45) is 1.09. The summed E-state index contributed by atoms with van der Waals surface area (Å²) in [6, 6.07) is 25.0. The largest absolute Gasteiger partial charge is 0.489 e. The number of amides is 1. The maximum Gasteiger partial charge on any atom is 0.257 e. The van der Waals surface area contributed by atoms with E-state index in [0.717, 1.165) is 17.7 Å². The van der Waals surface area contributed by atoms with Crippen molar-refractivity contribution in [3.8, 4) is 5.75 Å². The maximum atomic E-state index is 12.6. The lowest BCUT2D eigenvalue weighted by Gasteiger charge is -2.13. The molecular formula is C25H26N2O2S. The third kappa shape index (κ3) is 6.16. The first-order valence-electron chi connectivity index (χ1n) is 10.0. The first kappa shape index (κ1) is 21.5. The molecule has 0 saturated carbocycles. The van der Waals surface area contributed by atoms with Crippen LogP contribution in [0.15, 0.2) is 78.9 Å². The van der Waals surface area contributed by atoms with Crippen molar-refractivity contribution < 1.29 is 9.53 Å². The van der Waals surface area contributed by atoms with Gasteiger partial charge in [0.2, 0.25) is 0 Å². The molecule has 0 aromatic heterocycles. The van der Waals surface area contributed by atoms with Crippen LogP contribution in [0.1, 0.15) is 47.7 Å². The van der Waals surface area contributed by atoms with E-state index in [0.29, 0.717) is 23.8 Å². The number of ether oxygens (including phenoxy) is 1. The molecule has 0 heterocycles. The number of carbonyl (C=O) groups is 1. The Morgan fingerprint density at radius 3 is 2.43 bits per heavy atom. The van der Waals surface area contributed by atoms with Gasteiger partial charge >= 0.3 is 0 Å². The molecule has 154 valence electrons. The second-order valence-corrected chi connectivity index (χ2v) is 7.55. The molecule has 3 rings (SSSR count). The number of hydrogen-bond acceptors (Lipinski definition) is 3. The van der Waals surface area contributed by atoms with Gasteiger partial charge in [0.25, 0.3) is 5.91 Å². The van der Waals surface area contributed by atoms with Gasteiger partial charge in [-0.15, -0.1) is 0 Å². The minimum absolute atomic E-state index is 0.256. The summed E-state index contributed by atoms with van der Waals surface area (Å²) in [7, 11) is 0. The van der Waals surface area contributed by atoms with Crippen LogP contribution in [0, 0.1) is 0 Å². The molecule has 0 aliphatic carbocycles. The average Bonchev–Trinajstić information content (AvgIpc) is 2.78. The van der Waals surface area contributed by atoms with Crippen LogP contribution in [-0.2, 0) is 6.61 Å². The van der Waals surface area contributed by atoms with Crippen LogP contribution in [-0.4, -0.2) is 11.0 Å². The van der Waals surface area contributed by atoms with Crippen LogP contribution in [0.2, 0.25) is 0 Å². The fourth-order valence-electron chi connectivity index (χ4n) is 2.94. The van der Waals surface area contributed by atoms with Crippen molar-refractivity contribution in [2.24, 2.45) is 0 Å². The normalized spacial score (nSPS) is 11.4. The lowest BCUT2D eigenvalue weighted by atomic mass is 9.99. The van der Waals surface area contributed by atoms with E-state index in [9.17, 15) is 4.79 Å². The van der Waals surface area contributed by atoms with Gasteiger partial charge in [-0.25, -0.2) is 0 Å². The fourth-order valence-corrected chi connectivity index (χ4v) is 3.15. The highest BCUT2D eigenvalue weighted by Gasteiger charge is 2.10. The summed E-state index contributed by atoms with van der Waals surface area (Å²) in [5.41, 5.74) is 3.67. The summed E-state index contributed by atoms with van der Waals surface area (Å²) < 4.78 is 5.79. The summed E-state index contributed by atoms with van der Waals surface area (Å²) in [5, 5.41) is 6.03.